The Balaban J connectivity index is 0.000000310. The Morgan fingerprint density at radius 2 is 1.71 bits per heavy atom. The van der Waals surface area contributed by atoms with Crippen molar-refractivity contribution in [2.45, 2.75) is 32.4 Å². The summed E-state index contributed by atoms with van der Waals surface area (Å²) in [6, 6.07) is 23.2. The van der Waals surface area contributed by atoms with Gasteiger partial charge in [-0.05, 0) is 34.7 Å². The first-order valence-corrected chi connectivity index (χ1v) is 12.7. The molecule has 0 aliphatic carbocycles. The van der Waals surface area contributed by atoms with E-state index in [1.807, 2.05) is 54.7 Å². The van der Waals surface area contributed by atoms with Crippen LogP contribution in [0.25, 0.3) is 10.8 Å². The summed E-state index contributed by atoms with van der Waals surface area (Å²) in [6.45, 7) is 5.03. The number of aldehydes is 1. The number of rotatable bonds is 6. The zero-order valence-corrected chi connectivity index (χ0v) is 21.8. The highest BCUT2D eigenvalue weighted by atomic mass is 35.5. The van der Waals surface area contributed by atoms with E-state index in [-0.39, 0.29) is 5.15 Å². The van der Waals surface area contributed by atoms with Gasteiger partial charge in [0.2, 0.25) is 5.78 Å². The lowest BCUT2D eigenvalue weighted by molar-refractivity contribution is -0.104. The van der Waals surface area contributed by atoms with E-state index < -0.39 is 11.8 Å². The minimum absolute atomic E-state index is 0.248. The highest BCUT2D eigenvalue weighted by Gasteiger charge is 2.27. The van der Waals surface area contributed by atoms with Gasteiger partial charge in [-0.25, -0.2) is 4.98 Å². The molecular formula is C31H26ClN3O3. The lowest BCUT2D eigenvalue weighted by atomic mass is 9.97. The van der Waals surface area contributed by atoms with Gasteiger partial charge in [-0.15, -0.1) is 0 Å². The van der Waals surface area contributed by atoms with Gasteiger partial charge >= 0.3 is 0 Å². The minimum atomic E-state index is -0.597. The average Bonchev–Trinajstić information content (AvgIpc) is 3.48. The van der Waals surface area contributed by atoms with Crippen LogP contribution < -0.4 is 4.74 Å². The summed E-state index contributed by atoms with van der Waals surface area (Å²) in [5.74, 6) is 0.793. The van der Waals surface area contributed by atoms with E-state index in [1.165, 1.54) is 17.3 Å². The fraction of sp³-hybridized carbons (Fsp3) is 0.161. The molecule has 7 heteroatoms. The van der Waals surface area contributed by atoms with Gasteiger partial charge in [0.15, 0.2) is 11.4 Å². The number of Topliss-reactive ketones (excluding diaryl/α,β-unsaturated/α-hetero) is 1. The molecule has 1 unspecified atom stereocenters. The second-order valence-electron chi connectivity index (χ2n) is 9.35. The number of benzene rings is 3. The molecule has 0 fully saturated rings. The molecule has 5 aromatic rings. The quantitative estimate of drug-likeness (QED) is 0.139. The number of halogens is 1. The first kappa shape index (κ1) is 25.4. The maximum absolute atomic E-state index is 12.6. The molecule has 6 nitrogen and oxygen atoms in total. The molecule has 2 bridgehead atoms. The monoisotopic (exact) mass is 523 g/mol. The number of aromatic nitrogens is 3. The number of nitrogens with zero attached hydrogens (tertiary/aromatic N) is 3. The van der Waals surface area contributed by atoms with E-state index in [2.05, 4.69) is 48.1 Å². The molecule has 1 aliphatic heterocycles. The number of hydrogen-bond donors (Lipinski definition) is 0. The Morgan fingerprint density at radius 3 is 2.39 bits per heavy atom. The van der Waals surface area contributed by atoms with Crippen molar-refractivity contribution in [1.82, 2.24) is 14.5 Å². The van der Waals surface area contributed by atoms with E-state index in [0.29, 0.717) is 29.0 Å². The molecule has 0 saturated heterocycles. The third-order valence-electron chi connectivity index (χ3n) is 6.53. The summed E-state index contributed by atoms with van der Waals surface area (Å²) >= 11 is 6.42. The van der Waals surface area contributed by atoms with Gasteiger partial charge in [0, 0.05) is 29.4 Å². The van der Waals surface area contributed by atoms with Crippen LogP contribution >= 0.6 is 11.6 Å². The van der Waals surface area contributed by atoms with Crippen molar-refractivity contribution in [2.24, 2.45) is 0 Å². The maximum Gasteiger partial charge on any atom is 0.242 e. The highest BCUT2D eigenvalue weighted by Crippen LogP contribution is 2.34. The van der Waals surface area contributed by atoms with Crippen molar-refractivity contribution in [2.75, 3.05) is 0 Å². The fourth-order valence-corrected chi connectivity index (χ4v) is 4.83. The standard InChI is InChI=1S/C24H20ClN3O2.C7H6O/c1-15(2)16-7-9-17(10-8-16)22(21-24(25)27-12-11-26-21)28-13-18-5-3-4-6-19(18)23(28)20(30)14-29;1-2-6-4-7(3-1)8-5-6/h3-15,22H,1-2H3;1-4H,5H2. The molecule has 3 aromatic carbocycles. The Hall–Kier alpha value is -4.29. The molecule has 0 amide bonds. The highest BCUT2D eigenvalue weighted by molar-refractivity contribution is 6.36. The van der Waals surface area contributed by atoms with E-state index in [4.69, 9.17) is 16.3 Å². The minimum Gasteiger partial charge on any atom is -0.489 e. The summed E-state index contributed by atoms with van der Waals surface area (Å²) in [5.41, 5.74) is 4.19. The summed E-state index contributed by atoms with van der Waals surface area (Å²) in [6.07, 6.45) is 5.29. The van der Waals surface area contributed by atoms with Gasteiger partial charge in [-0.3, -0.25) is 14.6 Å². The third kappa shape index (κ3) is 5.08. The summed E-state index contributed by atoms with van der Waals surface area (Å²) < 4.78 is 6.96. The molecule has 1 atom stereocenters. The van der Waals surface area contributed by atoms with E-state index in [0.717, 1.165) is 23.3 Å². The largest absolute Gasteiger partial charge is 0.489 e. The predicted octanol–water partition coefficient (Wildman–Crippen LogP) is 6.81. The smallest absolute Gasteiger partial charge is 0.242 e. The number of ketones is 1. The van der Waals surface area contributed by atoms with Crippen LogP contribution in [0.15, 0.2) is 91.4 Å². The molecule has 3 heterocycles. The Morgan fingerprint density at radius 1 is 0.974 bits per heavy atom. The second kappa shape index (κ2) is 11.0. The van der Waals surface area contributed by atoms with Gasteiger partial charge in [-0.2, -0.15) is 0 Å². The van der Waals surface area contributed by atoms with Crippen LogP contribution in [-0.2, 0) is 11.4 Å². The van der Waals surface area contributed by atoms with E-state index in [9.17, 15) is 9.59 Å². The van der Waals surface area contributed by atoms with Crippen LogP contribution in [0, 0.1) is 0 Å². The topological polar surface area (TPSA) is 74.1 Å². The molecule has 0 radical (unpaired) electrons. The maximum atomic E-state index is 12.6. The fourth-order valence-electron chi connectivity index (χ4n) is 4.62. The SMILES string of the molecule is CC(C)c1ccc(C(c2nccnc2Cl)n2cc3ccccc3c2C(=O)C=O)cc1.c1cc2cc(c1)OC2. The second-order valence-corrected chi connectivity index (χ2v) is 9.70. The van der Waals surface area contributed by atoms with Gasteiger partial charge < -0.3 is 9.30 Å². The number of fused-ring (bicyclic) bond motifs is 3. The Labute approximate surface area is 225 Å². The molecule has 0 N–H and O–H groups in total. The number of carbonyl (C=O) groups excluding carboxylic acids is 2. The Bertz CT molecular complexity index is 1590. The number of carbonyl (C=O) groups is 2. The normalized spacial score (nSPS) is 12.5. The molecule has 190 valence electrons. The van der Waals surface area contributed by atoms with E-state index >= 15 is 0 Å². The van der Waals surface area contributed by atoms with Crippen LogP contribution in [-0.4, -0.2) is 26.6 Å². The Kier molecular flexibility index (Phi) is 7.33. The van der Waals surface area contributed by atoms with Gasteiger partial charge in [0.1, 0.15) is 29.8 Å². The molecule has 0 saturated carbocycles. The summed E-state index contributed by atoms with van der Waals surface area (Å²) in [4.78, 5) is 32.8. The summed E-state index contributed by atoms with van der Waals surface area (Å²) in [5, 5.41) is 1.81. The predicted molar refractivity (Wildman–Crippen MR) is 148 cm³/mol. The molecule has 38 heavy (non-hydrogen) atoms. The van der Waals surface area contributed by atoms with Crippen LogP contribution in [0.5, 0.6) is 5.75 Å². The van der Waals surface area contributed by atoms with Gasteiger partial charge in [-0.1, -0.05) is 86.1 Å². The van der Waals surface area contributed by atoms with Crippen molar-refractivity contribution < 1.29 is 14.3 Å². The van der Waals surface area contributed by atoms with Crippen molar-refractivity contribution in [3.8, 4) is 5.75 Å². The zero-order chi connectivity index (χ0) is 26.6. The van der Waals surface area contributed by atoms with Crippen molar-refractivity contribution in [1.29, 1.82) is 0 Å². The molecule has 1 aliphatic rings. The number of hydrogen-bond acceptors (Lipinski definition) is 5. The molecule has 6 rings (SSSR count). The average molecular weight is 524 g/mol. The van der Waals surface area contributed by atoms with Crippen LogP contribution in [0.4, 0.5) is 0 Å². The van der Waals surface area contributed by atoms with E-state index in [1.54, 1.807) is 10.8 Å². The van der Waals surface area contributed by atoms with Crippen molar-refractivity contribution in [3.63, 3.8) is 0 Å². The summed E-state index contributed by atoms with van der Waals surface area (Å²) in [7, 11) is 0. The van der Waals surface area contributed by atoms with Crippen molar-refractivity contribution in [3.05, 3.63) is 125 Å². The van der Waals surface area contributed by atoms with Crippen LogP contribution in [0.2, 0.25) is 5.15 Å². The van der Waals surface area contributed by atoms with Crippen LogP contribution in [0.3, 0.4) is 0 Å². The molecule has 0 spiro atoms. The molecule has 2 aromatic heterocycles. The first-order chi connectivity index (χ1) is 18.5. The van der Waals surface area contributed by atoms with Crippen LogP contribution in [0.1, 0.15) is 58.7 Å². The lowest BCUT2D eigenvalue weighted by Gasteiger charge is -2.22. The molecular weight excluding hydrogens is 498 g/mol. The zero-order valence-electron chi connectivity index (χ0n) is 21.0. The van der Waals surface area contributed by atoms with Gasteiger partial charge in [0.05, 0.1) is 0 Å². The van der Waals surface area contributed by atoms with Gasteiger partial charge in [0.25, 0.3) is 0 Å². The third-order valence-corrected chi connectivity index (χ3v) is 6.82. The lowest BCUT2D eigenvalue weighted by Crippen LogP contribution is -2.19. The number of ether oxygens (including phenoxy) is 1. The van der Waals surface area contributed by atoms with Crippen molar-refractivity contribution >= 4 is 34.4 Å². The first-order valence-electron chi connectivity index (χ1n) is 12.3.